The number of hydrogen-bond acceptors (Lipinski definition) is 4. The maximum atomic E-state index is 9.18. The molecule has 0 fully saturated rings. The molecule has 0 unspecified atom stereocenters. The van der Waals surface area contributed by atoms with Crippen molar-refractivity contribution in [3.05, 3.63) is 29.6 Å². The topological polar surface area (TPSA) is 79.4 Å². The Kier molecular flexibility index (Phi) is 9.28. The minimum atomic E-state index is -0.904. The third kappa shape index (κ3) is 7.34. The zero-order valence-electron chi connectivity index (χ0n) is 13.9. The van der Waals surface area contributed by atoms with E-state index < -0.39 is 5.54 Å². The number of unbranched alkanes of at least 4 members (excludes halogenated alkanes) is 5. The largest absolute Gasteiger partial charge is 0.394 e. The smallest absolute Gasteiger partial charge is 0.0633 e. The molecule has 1 aromatic rings. The van der Waals surface area contributed by atoms with Crippen LogP contribution in [-0.4, -0.2) is 33.9 Å². The Bertz CT molecular complexity index is 389. The van der Waals surface area contributed by atoms with Crippen molar-refractivity contribution in [2.75, 3.05) is 13.2 Å². The number of pyridine rings is 1. The van der Waals surface area contributed by atoms with Gasteiger partial charge in [-0.15, -0.1) is 0 Å². The number of aryl methyl sites for hydroxylation is 2. The fourth-order valence-corrected chi connectivity index (χ4v) is 2.45. The lowest BCUT2D eigenvalue weighted by molar-refractivity contribution is 0.114. The van der Waals surface area contributed by atoms with Gasteiger partial charge in [0.1, 0.15) is 0 Å². The molecule has 0 spiro atoms. The summed E-state index contributed by atoms with van der Waals surface area (Å²) in [5, 5.41) is 18.4. The van der Waals surface area contributed by atoms with E-state index in [2.05, 4.69) is 18.0 Å². The van der Waals surface area contributed by atoms with Crippen molar-refractivity contribution in [2.45, 2.75) is 70.3 Å². The minimum Gasteiger partial charge on any atom is -0.394 e. The van der Waals surface area contributed by atoms with Crippen LogP contribution >= 0.6 is 0 Å². The van der Waals surface area contributed by atoms with Crippen LogP contribution in [0.3, 0.4) is 0 Å². The van der Waals surface area contributed by atoms with Gasteiger partial charge in [0.2, 0.25) is 0 Å². The first-order chi connectivity index (χ1) is 10.6. The highest BCUT2D eigenvalue weighted by Crippen LogP contribution is 2.13. The molecular weight excluding hydrogens is 276 g/mol. The molecule has 1 heterocycles. The van der Waals surface area contributed by atoms with E-state index in [1.807, 2.05) is 12.3 Å². The fourth-order valence-electron chi connectivity index (χ4n) is 2.45. The van der Waals surface area contributed by atoms with Crippen LogP contribution in [-0.2, 0) is 12.8 Å². The van der Waals surface area contributed by atoms with Crippen molar-refractivity contribution in [2.24, 2.45) is 5.73 Å². The van der Waals surface area contributed by atoms with E-state index in [0.717, 1.165) is 12.1 Å². The number of rotatable bonds is 12. The Morgan fingerprint density at radius 1 is 1.00 bits per heavy atom. The van der Waals surface area contributed by atoms with E-state index in [1.165, 1.54) is 44.1 Å². The molecule has 1 aromatic heterocycles. The van der Waals surface area contributed by atoms with Crippen LogP contribution in [0.25, 0.3) is 0 Å². The van der Waals surface area contributed by atoms with Crippen LogP contribution in [0.15, 0.2) is 18.3 Å². The highest BCUT2D eigenvalue weighted by Gasteiger charge is 2.22. The maximum absolute atomic E-state index is 9.18. The molecule has 1 rings (SSSR count). The molecule has 0 amide bonds. The van der Waals surface area contributed by atoms with Crippen LogP contribution in [0.4, 0.5) is 0 Å². The van der Waals surface area contributed by atoms with E-state index in [0.29, 0.717) is 12.8 Å². The first kappa shape index (κ1) is 19.1. The number of aliphatic hydroxyl groups is 2. The van der Waals surface area contributed by atoms with Crippen LogP contribution < -0.4 is 5.73 Å². The molecule has 4 N–H and O–H groups in total. The number of nitrogens with two attached hydrogens (primary N) is 1. The lowest BCUT2D eigenvalue weighted by Crippen LogP contribution is -2.47. The van der Waals surface area contributed by atoms with Gasteiger partial charge in [-0.3, -0.25) is 4.98 Å². The molecule has 0 aromatic carbocycles. The third-order valence-electron chi connectivity index (χ3n) is 4.21. The van der Waals surface area contributed by atoms with Crippen LogP contribution in [0.5, 0.6) is 0 Å². The van der Waals surface area contributed by atoms with Crippen molar-refractivity contribution in [3.8, 4) is 0 Å². The number of hydrogen-bond donors (Lipinski definition) is 3. The van der Waals surface area contributed by atoms with Gasteiger partial charge in [0, 0.05) is 11.9 Å². The molecule has 0 saturated heterocycles. The lowest BCUT2D eigenvalue weighted by Gasteiger charge is -2.24. The van der Waals surface area contributed by atoms with Crippen LogP contribution in [0.1, 0.15) is 63.1 Å². The summed E-state index contributed by atoms with van der Waals surface area (Å²) < 4.78 is 0. The third-order valence-corrected chi connectivity index (χ3v) is 4.21. The molecule has 22 heavy (non-hydrogen) atoms. The Labute approximate surface area is 134 Å². The summed E-state index contributed by atoms with van der Waals surface area (Å²) >= 11 is 0. The summed E-state index contributed by atoms with van der Waals surface area (Å²) in [6.45, 7) is 1.82. The van der Waals surface area contributed by atoms with Crippen molar-refractivity contribution in [1.82, 2.24) is 4.98 Å². The zero-order chi connectivity index (χ0) is 16.3. The first-order valence-electron chi connectivity index (χ1n) is 8.58. The Balaban J connectivity index is 2.28. The van der Waals surface area contributed by atoms with E-state index in [9.17, 15) is 10.2 Å². The summed E-state index contributed by atoms with van der Waals surface area (Å²) in [5.41, 5.74) is 7.20. The lowest BCUT2D eigenvalue weighted by atomic mass is 9.95. The molecule has 4 heteroatoms. The second-order valence-corrected chi connectivity index (χ2v) is 6.35. The van der Waals surface area contributed by atoms with Crippen molar-refractivity contribution in [1.29, 1.82) is 0 Å². The molecule has 0 aliphatic rings. The van der Waals surface area contributed by atoms with E-state index in [4.69, 9.17) is 5.73 Å². The number of aliphatic hydroxyl groups excluding tert-OH is 2. The highest BCUT2D eigenvalue weighted by atomic mass is 16.3. The van der Waals surface area contributed by atoms with E-state index in [1.54, 1.807) is 0 Å². The van der Waals surface area contributed by atoms with Gasteiger partial charge in [0.15, 0.2) is 0 Å². The molecule has 0 radical (unpaired) electrons. The molecule has 0 saturated carbocycles. The SMILES string of the molecule is CCCCCCCCc1ccc(CCC(N)(CO)CO)nc1. The first-order valence-corrected chi connectivity index (χ1v) is 8.58. The van der Waals surface area contributed by atoms with Gasteiger partial charge in [-0.2, -0.15) is 0 Å². The Morgan fingerprint density at radius 2 is 1.68 bits per heavy atom. The van der Waals surface area contributed by atoms with Gasteiger partial charge in [-0.05, 0) is 37.3 Å². The van der Waals surface area contributed by atoms with Crippen molar-refractivity contribution >= 4 is 0 Å². The summed E-state index contributed by atoms with van der Waals surface area (Å²) in [4.78, 5) is 4.46. The zero-order valence-corrected chi connectivity index (χ0v) is 13.9. The monoisotopic (exact) mass is 308 g/mol. The molecule has 4 nitrogen and oxygen atoms in total. The van der Waals surface area contributed by atoms with Gasteiger partial charge < -0.3 is 15.9 Å². The number of nitrogens with zero attached hydrogens (tertiary/aromatic N) is 1. The van der Waals surface area contributed by atoms with Crippen LogP contribution in [0.2, 0.25) is 0 Å². The second kappa shape index (κ2) is 10.7. The average molecular weight is 308 g/mol. The van der Waals surface area contributed by atoms with Gasteiger partial charge in [0.25, 0.3) is 0 Å². The molecular formula is C18H32N2O2. The minimum absolute atomic E-state index is 0.209. The predicted molar refractivity (Wildman–Crippen MR) is 90.7 cm³/mol. The summed E-state index contributed by atoms with van der Waals surface area (Å²) in [6.07, 6.45) is 12.1. The van der Waals surface area contributed by atoms with Gasteiger partial charge in [0.05, 0.1) is 18.8 Å². The fraction of sp³-hybridized carbons (Fsp3) is 0.722. The predicted octanol–water partition coefficient (Wildman–Crippen LogP) is 2.60. The van der Waals surface area contributed by atoms with E-state index >= 15 is 0 Å². The molecule has 0 atom stereocenters. The molecule has 126 valence electrons. The quantitative estimate of drug-likeness (QED) is 0.519. The molecule has 0 bridgehead atoms. The normalized spacial score (nSPS) is 11.8. The van der Waals surface area contributed by atoms with Gasteiger partial charge in [-0.25, -0.2) is 0 Å². The molecule has 0 aliphatic heterocycles. The molecule has 0 aliphatic carbocycles. The van der Waals surface area contributed by atoms with Crippen molar-refractivity contribution in [3.63, 3.8) is 0 Å². The Hall–Kier alpha value is -0.970. The number of aromatic nitrogens is 1. The maximum Gasteiger partial charge on any atom is 0.0633 e. The summed E-state index contributed by atoms with van der Waals surface area (Å²) in [7, 11) is 0. The van der Waals surface area contributed by atoms with Gasteiger partial charge >= 0.3 is 0 Å². The summed E-state index contributed by atoms with van der Waals surface area (Å²) in [5.74, 6) is 0. The van der Waals surface area contributed by atoms with E-state index in [-0.39, 0.29) is 13.2 Å². The summed E-state index contributed by atoms with van der Waals surface area (Å²) in [6, 6.07) is 4.16. The van der Waals surface area contributed by atoms with Crippen molar-refractivity contribution < 1.29 is 10.2 Å². The van der Waals surface area contributed by atoms with Gasteiger partial charge in [-0.1, -0.05) is 45.1 Å². The van der Waals surface area contributed by atoms with Crippen LogP contribution in [0, 0.1) is 0 Å². The second-order valence-electron chi connectivity index (χ2n) is 6.35. The Morgan fingerprint density at radius 3 is 2.27 bits per heavy atom. The highest BCUT2D eigenvalue weighted by molar-refractivity contribution is 5.14. The average Bonchev–Trinajstić information content (AvgIpc) is 2.57. The standard InChI is InChI=1S/C18H32N2O2/c1-2-3-4-5-6-7-8-16-9-10-17(20-13-16)11-12-18(19,14-21)15-22/h9-10,13,21-22H,2-8,11-12,14-15,19H2,1H3.